The molecule has 33 heavy (non-hydrogen) atoms. The lowest BCUT2D eigenvalue weighted by molar-refractivity contribution is 0.122. The third-order valence-electron chi connectivity index (χ3n) is 5.78. The van der Waals surface area contributed by atoms with Gasteiger partial charge in [-0.1, -0.05) is 23.2 Å². The number of hydrogen-bond acceptors (Lipinski definition) is 6. The lowest BCUT2D eigenvalue weighted by atomic mass is 10.1. The molecule has 0 radical (unpaired) electrons. The summed E-state index contributed by atoms with van der Waals surface area (Å²) in [5, 5.41) is 9.55. The fourth-order valence-corrected chi connectivity index (χ4v) is 4.83. The maximum absolute atomic E-state index is 6.30. The second kappa shape index (κ2) is 9.17. The van der Waals surface area contributed by atoms with Gasteiger partial charge < -0.3 is 14.4 Å². The number of morpholine rings is 1. The minimum Gasteiger partial charge on any atom is -0.486 e. The molecule has 0 unspecified atom stereocenters. The summed E-state index contributed by atoms with van der Waals surface area (Å²) in [4.78, 5) is 11.0. The Morgan fingerprint density at radius 2 is 1.85 bits per heavy atom. The summed E-state index contributed by atoms with van der Waals surface area (Å²) in [5.74, 6) is 1.68. The van der Waals surface area contributed by atoms with Gasteiger partial charge >= 0.3 is 0 Å². The normalized spacial score (nSPS) is 15.1. The van der Waals surface area contributed by atoms with Crippen LogP contribution in [0.4, 0.5) is 5.82 Å². The van der Waals surface area contributed by atoms with Crippen LogP contribution in [0.15, 0.2) is 42.9 Å². The first-order valence-corrected chi connectivity index (χ1v) is 11.5. The van der Waals surface area contributed by atoms with E-state index in [1.807, 2.05) is 31.3 Å². The molecule has 4 aromatic rings. The Kier molecular flexibility index (Phi) is 6.10. The van der Waals surface area contributed by atoms with Crippen molar-refractivity contribution in [1.82, 2.24) is 20.2 Å². The van der Waals surface area contributed by atoms with E-state index >= 15 is 0 Å². The number of halogens is 2. The Labute approximate surface area is 201 Å². The van der Waals surface area contributed by atoms with Crippen LogP contribution in [-0.4, -0.2) is 46.5 Å². The summed E-state index contributed by atoms with van der Waals surface area (Å²) in [6.45, 7) is 7.14. The largest absolute Gasteiger partial charge is 0.486 e. The Morgan fingerprint density at radius 3 is 2.58 bits per heavy atom. The van der Waals surface area contributed by atoms with E-state index in [1.54, 1.807) is 12.4 Å². The highest BCUT2D eigenvalue weighted by Crippen LogP contribution is 2.35. The first-order chi connectivity index (χ1) is 16.0. The molecule has 0 saturated carbocycles. The highest BCUT2D eigenvalue weighted by molar-refractivity contribution is 6.35. The molecule has 1 saturated heterocycles. The van der Waals surface area contributed by atoms with Crippen LogP contribution in [0, 0.1) is 6.92 Å². The van der Waals surface area contributed by atoms with Crippen LogP contribution >= 0.6 is 23.2 Å². The molecule has 1 fully saturated rings. The van der Waals surface area contributed by atoms with Crippen LogP contribution in [0.1, 0.15) is 24.2 Å². The van der Waals surface area contributed by atoms with Crippen molar-refractivity contribution >= 4 is 39.9 Å². The second-order valence-corrected chi connectivity index (χ2v) is 8.83. The number of fused-ring (bicyclic) bond motifs is 1. The van der Waals surface area contributed by atoms with Gasteiger partial charge in [0, 0.05) is 48.2 Å². The summed E-state index contributed by atoms with van der Waals surface area (Å²) >= 11 is 12.6. The molecule has 1 aliphatic heterocycles. The first kappa shape index (κ1) is 21.9. The van der Waals surface area contributed by atoms with Crippen molar-refractivity contribution in [2.45, 2.75) is 20.0 Å². The molecule has 7 nitrogen and oxygen atoms in total. The number of benzene rings is 1. The summed E-state index contributed by atoms with van der Waals surface area (Å²) in [6, 6.07) is 7.94. The molecule has 0 aliphatic carbocycles. The second-order valence-electron chi connectivity index (χ2n) is 8.02. The van der Waals surface area contributed by atoms with Crippen LogP contribution in [0.3, 0.4) is 0 Å². The van der Waals surface area contributed by atoms with Crippen molar-refractivity contribution in [3.05, 3.63) is 64.0 Å². The van der Waals surface area contributed by atoms with Gasteiger partial charge in [-0.25, -0.2) is 4.98 Å². The van der Waals surface area contributed by atoms with Crippen molar-refractivity contribution in [3.8, 4) is 17.0 Å². The lowest BCUT2D eigenvalue weighted by Gasteiger charge is -2.29. The van der Waals surface area contributed by atoms with E-state index in [-0.39, 0.29) is 6.10 Å². The molecular weight excluding hydrogens is 461 g/mol. The number of aryl methyl sites for hydroxylation is 1. The minimum absolute atomic E-state index is 0.350. The zero-order valence-corrected chi connectivity index (χ0v) is 19.8. The Morgan fingerprint density at radius 1 is 1.09 bits per heavy atom. The number of ether oxygens (including phenoxy) is 2. The van der Waals surface area contributed by atoms with Crippen molar-refractivity contribution in [3.63, 3.8) is 0 Å². The smallest absolute Gasteiger partial charge is 0.131 e. The standard InChI is InChI=1S/C24H23Cl2N5O2/c1-14-9-16(11-28-24(14)31-5-7-32-8-6-31)23-18-10-17(3-4-21(18)29-30-23)33-15(2)22-19(25)12-27-13-20(22)26/h3-4,9-13,15H,5-8H2,1-2H3,(H,29,30)/t15-/m1/s1. The monoisotopic (exact) mass is 483 g/mol. The van der Waals surface area contributed by atoms with Crippen LogP contribution < -0.4 is 9.64 Å². The Bertz CT molecular complexity index is 1280. The average Bonchev–Trinajstić information content (AvgIpc) is 3.23. The molecule has 0 bridgehead atoms. The van der Waals surface area contributed by atoms with E-state index in [0.717, 1.165) is 59.8 Å². The number of aromatic amines is 1. The van der Waals surface area contributed by atoms with Gasteiger partial charge in [-0.3, -0.25) is 10.1 Å². The number of aromatic nitrogens is 4. The number of pyridine rings is 2. The third kappa shape index (κ3) is 4.36. The summed E-state index contributed by atoms with van der Waals surface area (Å²) < 4.78 is 11.6. The maximum atomic E-state index is 6.30. The van der Waals surface area contributed by atoms with Gasteiger partial charge in [0.05, 0.1) is 28.8 Å². The van der Waals surface area contributed by atoms with Gasteiger partial charge in [0.15, 0.2) is 0 Å². The van der Waals surface area contributed by atoms with Crippen LogP contribution in [-0.2, 0) is 4.74 Å². The molecule has 1 aromatic carbocycles. The molecule has 170 valence electrons. The van der Waals surface area contributed by atoms with Crippen molar-refractivity contribution in [2.75, 3.05) is 31.2 Å². The van der Waals surface area contributed by atoms with E-state index in [9.17, 15) is 0 Å². The molecule has 5 rings (SSSR count). The molecule has 1 atom stereocenters. The quantitative estimate of drug-likeness (QED) is 0.397. The van der Waals surface area contributed by atoms with Gasteiger partial charge in [0.1, 0.15) is 23.4 Å². The van der Waals surface area contributed by atoms with Gasteiger partial charge in [-0.2, -0.15) is 5.10 Å². The Hall–Kier alpha value is -2.87. The van der Waals surface area contributed by atoms with Gasteiger partial charge in [-0.05, 0) is 43.7 Å². The SMILES string of the molecule is Cc1cc(-c2n[nH]c3ccc(O[C@H](C)c4c(Cl)cncc4Cl)cc23)cnc1N1CCOCC1. The predicted octanol–water partition coefficient (Wildman–Crippen LogP) is 5.61. The minimum atomic E-state index is -0.350. The number of hydrogen-bond donors (Lipinski definition) is 1. The van der Waals surface area contributed by atoms with E-state index in [2.05, 4.69) is 33.1 Å². The van der Waals surface area contributed by atoms with E-state index < -0.39 is 0 Å². The number of nitrogens with one attached hydrogen (secondary N) is 1. The molecule has 0 amide bonds. The van der Waals surface area contributed by atoms with Crippen molar-refractivity contribution < 1.29 is 9.47 Å². The molecule has 9 heteroatoms. The first-order valence-electron chi connectivity index (χ1n) is 10.7. The molecule has 1 aliphatic rings. The van der Waals surface area contributed by atoms with Gasteiger partial charge in [0.25, 0.3) is 0 Å². The van der Waals surface area contributed by atoms with Crippen LogP contribution in [0.2, 0.25) is 10.0 Å². The highest BCUT2D eigenvalue weighted by Gasteiger charge is 2.19. The summed E-state index contributed by atoms with van der Waals surface area (Å²) in [6.07, 6.45) is 4.66. The number of rotatable bonds is 5. The third-order valence-corrected chi connectivity index (χ3v) is 6.38. The van der Waals surface area contributed by atoms with E-state index in [1.165, 1.54) is 0 Å². The fourth-order valence-electron chi connectivity index (χ4n) is 4.16. The zero-order chi connectivity index (χ0) is 22.9. The van der Waals surface area contributed by atoms with Crippen LogP contribution in [0.5, 0.6) is 5.75 Å². The van der Waals surface area contributed by atoms with Crippen LogP contribution in [0.25, 0.3) is 22.2 Å². The number of nitrogens with zero attached hydrogens (tertiary/aromatic N) is 4. The lowest BCUT2D eigenvalue weighted by Crippen LogP contribution is -2.37. The maximum Gasteiger partial charge on any atom is 0.131 e. The highest BCUT2D eigenvalue weighted by atomic mass is 35.5. The number of anilines is 1. The molecule has 4 heterocycles. The summed E-state index contributed by atoms with van der Waals surface area (Å²) in [5.41, 5.74) is 4.50. The average molecular weight is 484 g/mol. The van der Waals surface area contributed by atoms with E-state index in [0.29, 0.717) is 21.4 Å². The van der Waals surface area contributed by atoms with E-state index in [4.69, 9.17) is 37.7 Å². The van der Waals surface area contributed by atoms with Gasteiger partial charge in [-0.15, -0.1) is 0 Å². The summed E-state index contributed by atoms with van der Waals surface area (Å²) in [7, 11) is 0. The number of H-pyrrole nitrogens is 1. The molecular formula is C24H23Cl2N5O2. The predicted molar refractivity (Wildman–Crippen MR) is 130 cm³/mol. The van der Waals surface area contributed by atoms with Gasteiger partial charge in [0.2, 0.25) is 0 Å². The molecule has 1 N–H and O–H groups in total. The topological polar surface area (TPSA) is 76.2 Å². The van der Waals surface area contributed by atoms with Crippen molar-refractivity contribution in [2.24, 2.45) is 0 Å². The Balaban J connectivity index is 1.44. The fraction of sp³-hybridized carbons (Fsp3) is 0.292. The molecule has 0 spiro atoms. The van der Waals surface area contributed by atoms with Crippen molar-refractivity contribution in [1.29, 1.82) is 0 Å². The molecule has 3 aromatic heterocycles. The zero-order valence-electron chi connectivity index (χ0n) is 18.3.